The zero-order valence-corrected chi connectivity index (χ0v) is 17.0. The number of nitrogens with zero attached hydrogens (tertiary/aromatic N) is 5. The maximum atomic E-state index is 13.2. The average molecular weight is 437 g/mol. The van der Waals surface area contributed by atoms with E-state index in [9.17, 15) is 9.18 Å². The van der Waals surface area contributed by atoms with Crippen LogP contribution in [-0.2, 0) is 11.2 Å². The first-order valence-corrected chi connectivity index (χ1v) is 10.4. The second-order valence-electron chi connectivity index (χ2n) is 6.62. The van der Waals surface area contributed by atoms with Gasteiger partial charge in [0, 0.05) is 31.5 Å². The molecule has 11 heteroatoms. The Kier molecular flexibility index (Phi) is 6.00. The molecule has 3 aromatic rings. The number of aryl methyl sites for hydroxylation is 1. The van der Waals surface area contributed by atoms with Gasteiger partial charge in [0.15, 0.2) is 0 Å². The highest BCUT2D eigenvalue weighted by atomic mass is 35.5. The number of rotatable bonds is 6. The number of anilines is 2. The lowest BCUT2D eigenvalue weighted by Gasteiger charge is -2.25. The number of halogens is 2. The molecule has 152 valence electrons. The predicted molar refractivity (Wildman–Crippen MR) is 108 cm³/mol. The number of nitrogens with one attached hydrogen (secondary N) is 1. The number of benzene rings is 1. The molecule has 1 aromatic carbocycles. The largest absolute Gasteiger partial charge is 0.347 e. The molecule has 0 aliphatic carbocycles. The van der Waals surface area contributed by atoms with Gasteiger partial charge in [-0.3, -0.25) is 4.79 Å². The zero-order valence-electron chi connectivity index (χ0n) is 15.4. The third kappa shape index (κ3) is 4.88. The quantitative estimate of drug-likeness (QED) is 0.624. The van der Waals surface area contributed by atoms with Gasteiger partial charge in [-0.05, 0) is 37.5 Å². The summed E-state index contributed by atoms with van der Waals surface area (Å²) in [7, 11) is 0. The highest BCUT2D eigenvalue weighted by Gasteiger charge is 2.17. The van der Waals surface area contributed by atoms with Gasteiger partial charge < -0.3 is 14.7 Å². The molecule has 1 aliphatic heterocycles. The van der Waals surface area contributed by atoms with Crippen LogP contribution in [0.15, 0.2) is 22.7 Å². The molecule has 1 fully saturated rings. The first-order chi connectivity index (χ1) is 14.1. The summed E-state index contributed by atoms with van der Waals surface area (Å²) in [5.74, 6) is -0.118. The van der Waals surface area contributed by atoms with Crippen molar-refractivity contribution in [1.82, 2.24) is 20.3 Å². The van der Waals surface area contributed by atoms with E-state index in [4.69, 9.17) is 16.1 Å². The standard InChI is InChI=1S/C18H18ClFN6O2S/c19-13-10-11(20)4-5-12(13)16-22-15(28-25-16)7-6-14(27)21-17-23-24-18(29-17)26-8-2-1-3-9-26/h4-5,10H,1-3,6-9H2,(H,21,23,27). The Morgan fingerprint density at radius 1 is 1.28 bits per heavy atom. The Hall–Kier alpha value is -2.59. The van der Waals surface area contributed by atoms with E-state index in [0.717, 1.165) is 31.1 Å². The normalized spacial score (nSPS) is 14.2. The Labute approximate surface area is 175 Å². The number of aromatic nitrogens is 4. The van der Waals surface area contributed by atoms with Crippen molar-refractivity contribution in [1.29, 1.82) is 0 Å². The molecule has 0 unspecified atom stereocenters. The molecule has 0 radical (unpaired) electrons. The van der Waals surface area contributed by atoms with Gasteiger partial charge in [-0.25, -0.2) is 4.39 Å². The Balaban J connectivity index is 1.31. The SMILES string of the molecule is O=C(CCc1nc(-c2ccc(F)cc2Cl)no1)Nc1nnc(N2CCCCC2)s1. The molecule has 1 N–H and O–H groups in total. The van der Waals surface area contributed by atoms with Crippen LogP contribution in [0.4, 0.5) is 14.7 Å². The Morgan fingerprint density at radius 2 is 2.10 bits per heavy atom. The summed E-state index contributed by atoms with van der Waals surface area (Å²) in [5, 5.41) is 16.3. The molecular formula is C18H18ClFN6O2S. The molecule has 3 heterocycles. The van der Waals surface area contributed by atoms with Crippen LogP contribution in [0.2, 0.25) is 5.02 Å². The number of hydrogen-bond acceptors (Lipinski definition) is 8. The van der Waals surface area contributed by atoms with Gasteiger partial charge in [0.25, 0.3) is 0 Å². The van der Waals surface area contributed by atoms with Gasteiger partial charge >= 0.3 is 0 Å². The summed E-state index contributed by atoms with van der Waals surface area (Å²) in [6, 6.07) is 3.93. The fourth-order valence-electron chi connectivity index (χ4n) is 3.02. The van der Waals surface area contributed by atoms with Gasteiger partial charge in [0.05, 0.1) is 5.02 Å². The second kappa shape index (κ2) is 8.83. The third-order valence-electron chi connectivity index (χ3n) is 4.49. The smallest absolute Gasteiger partial charge is 0.227 e. The summed E-state index contributed by atoms with van der Waals surface area (Å²) >= 11 is 7.38. The fraction of sp³-hybridized carbons (Fsp3) is 0.389. The average Bonchev–Trinajstić information content (AvgIpc) is 3.37. The van der Waals surface area contributed by atoms with E-state index in [0.29, 0.717) is 16.6 Å². The van der Waals surface area contributed by atoms with Crippen LogP contribution < -0.4 is 10.2 Å². The van der Waals surface area contributed by atoms with Crippen molar-refractivity contribution in [2.45, 2.75) is 32.1 Å². The maximum absolute atomic E-state index is 13.2. The van der Waals surface area contributed by atoms with E-state index in [1.165, 1.54) is 36.0 Å². The molecule has 1 amide bonds. The minimum Gasteiger partial charge on any atom is -0.347 e. The fourth-order valence-corrected chi connectivity index (χ4v) is 4.08. The van der Waals surface area contributed by atoms with Crippen molar-refractivity contribution < 1.29 is 13.7 Å². The number of hydrogen-bond donors (Lipinski definition) is 1. The minimum atomic E-state index is -0.445. The summed E-state index contributed by atoms with van der Waals surface area (Å²) < 4.78 is 18.3. The number of carbonyl (C=O) groups excluding carboxylic acids is 1. The van der Waals surface area contributed by atoms with Crippen molar-refractivity contribution >= 4 is 39.1 Å². The summed E-state index contributed by atoms with van der Waals surface area (Å²) in [5.41, 5.74) is 0.464. The third-order valence-corrected chi connectivity index (χ3v) is 5.71. The van der Waals surface area contributed by atoms with E-state index >= 15 is 0 Å². The number of piperidine rings is 1. The molecular weight excluding hydrogens is 419 g/mol. The molecule has 0 bridgehead atoms. The molecule has 4 rings (SSSR count). The zero-order chi connectivity index (χ0) is 20.2. The number of amides is 1. The van der Waals surface area contributed by atoms with Crippen molar-refractivity contribution in [2.24, 2.45) is 0 Å². The molecule has 0 atom stereocenters. The van der Waals surface area contributed by atoms with Crippen LogP contribution >= 0.6 is 22.9 Å². The predicted octanol–water partition coefficient (Wildman–Crippen LogP) is 3.94. The lowest BCUT2D eigenvalue weighted by atomic mass is 10.1. The van der Waals surface area contributed by atoms with Gasteiger partial charge in [-0.15, -0.1) is 10.2 Å². The highest BCUT2D eigenvalue weighted by Crippen LogP contribution is 2.27. The Bertz CT molecular complexity index is 1000. The van der Waals surface area contributed by atoms with E-state index in [-0.39, 0.29) is 29.6 Å². The highest BCUT2D eigenvalue weighted by molar-refractivity contribution is 7.19. The molecule has 0 spiro atoms. The Morgan fingerprint density at radius 3 is 2.90 bits per heavy atom. The summed E-state index contributed by atoms with van der Waals surface area (Å²) in [6.07, 6.45) is 3.95. The van der Waals surface area contributed by atoms with E-state index in [2.05, 4.69) is 30.6 Å². The van der Waals surface area contributed by atoms with Gasteiger partial charge in [-0.2, -0.15) is 4.98 Å². The maximum Gasteiger partial charge on any atom is 0.227 e. The van der Waals surface area contributed by atoms with Crippen LogP contribution in [0.5, 0.6) is 0 Å². The second-order valence-corrected chi connectivity index (χ2v) is 7.98. The van der Waals surface area contributed by atoms with Crippen molar-refractivity contribution in [2.75, 3.05) is 23.3 Å². The van der Waals surface area contributed by atoms with Crippen LogP contribution in [-0.4, -0.2) is 39.3 Å². The van der Waals surface area contributed by atoms with Gasteiger partial charge in [0.2, 0.25) is 27.9 Å². The lowest BCUT2D eigenvalue weighted by molar-refractivity contribution is -0.116. The summed E-state index contributed by atoms with van der Waals surface area (Å²) in [6.45, 7) is 1.94. The molecule has 1 saturated heterocycles. The molecule has 8 nitrogen and oxygen atoms in total. The van der Waals surface area contributed by atoms with E-state index in [1.54, 1.807) is 0 Å². The first kappa shape index (κ1) is 19.7. The molecule has 1 aliphatic rings. The summed E-state index contributed by atoms with van der Waals surface area (Å²) in [4.78, 5) is 18.6. The van der Waals surface area contributed by atoms with Crippen LogP contribution in [0.3, 0.4) is 0 Å². The first-order valence-electron chi connectivity index (χ1n) is 9.25. The van der Waals surface area contributed by atoms with Crippen LogP contribution in [0, 0.1) is 5.82 Å². The molecule has 0 saturated carbocycles. The topological polar surface area (TPSA) is 97.0 Å². The van der Waals surface area contributed by atoms with Gasteiger partial charge in [-0.1, -0.05) is 28.1 Å². The number of carbonyl (C=O) groups is 1. The van der Waals surface area contributed by atoms with E-state index < -0.39 is 5.82 Å². The van der Waals surface area contributed by atoms with Crippen LogP contribution in [0.25, 0.3) is 11.4 Å². The van der Waals surface area contributed by atoms with Crippen LogP contribution in [0.1, 0.15) is 31.6 Å². The minimum absolute atomic E-state index is 0.150. The van der Waals surface area contributed by atoms with Crippen molar-refractivity contribution in [3.63, 3.8) is 0 Å². The monoisotopic (exact) mass is 436 g/mol. The van der Waals surface area contributed by atoms with E-state index in [1.807, 2.05) is 0 Å². The van der Waals surface area contributed by atoms with Crippen molar-refractivity contribution in [3.05, 3.63) is 34.9 Å². The van der Waals surface area contributed by atoms with Gasteiger partial charge in [0.1, 0.15) is 5.82 Å². The molecule has 2 aromatic heterocycles. The van der Waals surface area contributed by atoms with Crippen molar-refractivity contribution in [3.8, 4) is 11.4 Å². The lowest BCUT2D eigenvalue weighted by Crippen LogP contribution is -2.29. The molecule has 29 heavy (non-hydrogen) atoms.